The molecule has 0 fully saturated rings. The Hall–Kier alpha value is -4.25. The van der Waals surface area contributed by atoms with E-state index in [4.69, 9.17) is 14.6 Å². The average molecular weight is 577 g/mol. The molecule has 2 heterocycles. The summed E-state index contributed by atoms with van der Waals surface area (Å²) in [7, 11) is 0. The minimum absolute atomic E-state index is 0.0778. The molecule has 5 nitrogen and oxygen atoms in total. The van der Waals surface area contributed by atoms with E-state index in [-0.39, 0.29) is 5.91 Å². The van der Waals surface area contributed by atoms with E-state index >= 15 is 0 Å². The van der Waals surface area contributed by atoms with Gasteiger partial charge in [0.05, 0.1) is 11.4 Å². The molecule has 0 aliphatic rings. The Bertz CT molecular complexity index is 1950. The van der Waals surface area contributed by atoms with Crippen LogP contribution < -0.4 is 11.1 Å². The van der Waals surface area contributed by atoms with Crippen LogP contribution >= 0.6 is 0 Å². The van der Waals surface area contributed by atoms with Crippen LogP contribution in [0.15, 0.2) is 69.5 Å². The van der Waals surface area contributed by atoms with Gasteiger partial charge in [0.2, 0.25) is 5.91 Å². The third-order valence-electron chi connectivity index (χ3n) is 8.25. The van der Waals surface area contributed by atoms with Crippen LogP contribution in [0.25, 0.3) is 43.9 Å². The molecule has 224 valence electrons. The Kier molecular flexibility index (Phi) is 8.29. The topological polar surface area (TPSA) is 81.4 Å². The lowest BCUT2D eigenvalue weighted by Crippen LogP contribution is -2.10. The molecule has 5 heteroatoms. The molecule has 4 aromatic carbocycles. The predicted octanol–water partition coefficient (Wildman–Crippen LogP) is 11.2. The number of amides is 1. The number of rotatable bonds is 5. The Morgan fingerprint density at radius 3 is 1.51 bits per heavy atom. The van der Waals surface area contributed by atoms with Gasteiger partial charge in [-0.3, -0.25) is 4.79 Å². The second-order valence-electron chi connectivity index (χ2n) is 12.8. The molecule has 43 heavy (non-hydrogen) atoms. The second-order valence-corrected chi connectivity index (χ2v) is 12.8. The van der Waals surface area contributed by atoms with Crippen molar-refractivity contribution in [3.05, 3.63) is 82.9 Å². The van der Waals surface area contributed by atoms with Crippen LogP contribution in [0.4, 0.5) is 11.4 Å². The van der Waals surface area contributed by atoms with E-state index < -0.39 is 0 Å². The maximum absolute atomic E-state index is 11.7. The predicted molar refractivity (Wildman–Crippen MR) is 183 cm³/mol. The molecule has 0 aliphatic carbocycles. The van der Waals surface area contributed by atoms with Gasteiger partial charge < -0.3 is 19.9 Å². The maximum Gasteiger partial charge on any atom is 0.221 e. The molecule has 2 aromatic heterocycles. The summed E-state index contributed by atoms with van der Waals surface area (Å²) in [5, 5.41) is 7.55. The molecule has 0 saturated carbocycles. The molecule has 3 N–H and O–H groups in total. The van der Waals surface area contributed by atoms with Crippen LogP contribution in [-0.4, -0.2) is 5.91 Å². The molecular formula is C38H44N2O3. The van der Waals surface area contributed by atoms with Crippen molar-refractivity contribution in [2.24, 2.45) is 0 Å². The van der Waals surface area contributed by atoms with Gasteiger partial charge in [0, 0.05) is 28.5 Å². The number of hydrogen-bond acceptors (Lipinski definition) is 4. The van der Waals surface area contributed by atoms with E-state index in [1.807, 2.05) is 36.4 Å². The van der Waals surface area contributed by atoms with E-state index in [1.165, 1.54) is 29.0 Å². The third kappa shape index (κ3) is 5.49. The number of benzene rings is 4. The molecule has 0 saturated heterocycles. The van der Waals surface area contributed by atoms with Crippen molar-refractivity contribution in [3.8, 4) is 0 Å². The van der Waals surface area contributed by atoms with Crippen molar-refractivity contribution >= 4 is 61.2 Å². The summed E-state index contributed by atoms with van der Waals surface area (Å²) in [5.74, 6) is 1.43. The van der Waals surface area contributed by atoms with Crippen LogP contribution in [0.1, 0.15) is 108 Å². The minimum Gasteiger partial charge on any atom is -0.454 e. The molecule has 1 amide bonds. The average Bonchev–Trinajstić information content (AvgIpc) is 3.53. The first-order valence-corrected chi connectivity index (χ1v) is 15.4. The van der Waals surface area contributed by atoms with Crippen LogP contribution in [0.5, 0.6) is 0 Å². The number of furan rings is 2. The summed E-state index contributed by atoms with van der Waals surface area (Å²) in [6.07, 6.45) is 0. The Labute approximate surface area is 254 Å². The van der Waals surface area contributed by atoms with E-state index in [2.05, 4.69) is 85.0 Å². The molecule has 0 atom stereocenters. The van der Waals surface area contributed by atoms with Gasteiger partial charge >= 0.3 is 0 Å². The first-order valence-electron chi connectivity index (χ1n) is 15.4. The zero-order valence-corrected chi connectivity index (χ0v) is 26.9. The van der Waals surface area contributed by atoms with Crippen LogP contribution in [-0.2, 0) is 4.79 Å². The highest BCUT2D eigenvalue weighted by atomic mass is 16.3. The van der Waals surface area contributed by atoms with Gasteiger partial charge in [-0.1, -0.05) is 104 Å². The van der Waals surface area contributed by atoms with Crippen molar-refractivity contribution in [2.75, 3.05) is 11.1 Å². The number of hydrogen-bond donors (Lipinski definition) is 2. The Morgan fingerprint density at radius 1 is 0.628 bits per heavy atom. The molecule has 6 rings (SSSR count). The number of anilines is 2. The lowest BCUT2D eigenvalue weighted by atomic mass is 9.90. The standard InChI is InChI=1S/C20H23NO2.C18H21NO/c1-11(2)15-10-16(12(3)4)19(21-13(5)22)20-18(15)14-8-6-7-9-17(14)23-20;1-10(2)13-9-14(11(3)4)17(19)18-16(13)12-7-5-6-8-15(12)20-18/h6-12H,1-5H3,(H,21,22);5-11H,19H2,1-4H3. The van der Waals surface area contributed by atoms with Gasteiger partial charge in [-0.15, -0.1) is 0 Å². The number of para-hydroxylation sites is 2. The number of carbonyl (C=O) groups is 1. The van der Waals surface area contributed by atoms with Crippen LogP contribution in [0.3, 0.4) is 0 Å². The Balaban J connectivity index is 0.000000173. The van der Waals surface area contributed by atoms with Gasteiger partial charge in [-0.05, 0) is 58.1 Å². The number of nitrogen functional groups attached to an aromatic ring is 1. The van der Waals surface area contributed by atoms with Crippen molar-refractivity contribution in [1.29, 1.82) is 0 Å². The highest BCUT2D eigenvalue weighted by Gasteiger charge is 2.22. The number of fused-ring (bicyclic) bond motifs is 6. The summed E-state index contributed by atoms with van der Waals surface area (Å²) < 4.78 is 12.2. The fourth-order valence-electron chi connectivity index (χ4n) is 6.07. The van der Waals surface area contributed by atoms with Gasteiger partial charge in [-0.25, -0.2) is 0 Å². The fourth-order valence-corrected chi connectivity index (χ4v) is 6.07. The maximum atomic E-state index is 11.7. The number of nitrogens with two attached hydrogens (primary N) is 1. The second kappa shape index (κ2) is 11.8. The molecule has 0 radical (unpaired) electrons. The zero-order valence-electron chi connectivity index (χ0n) is 26.9. The van der Waals surface area contributed by atoms with Gasteiger partial charge in [0.1, 0.15) is 11.2 Å². The van der Waals surface area contributed by atoms with Crippen LogP contribution in [0, 0.1) is 0 Å². The number of nitrogens with one attached hydrogen (secondary N) is 1. The molecule has 6 aromatic rings. The van der Waals surface area contributed by atoms with Crippen molar-refractivity contribution < 1.29 is 13.6 Å². The summed E-state index contributed by atoms with van der Waals surface area (Å²) in [6.45, 7) is 19.0. The fraction of sp³-hybridized carbons (Fsp3) is 0.342. The lowest BCUT2D eigenvalue weighted by Gasteiger charge is -2.18. The molecule has 0 bridgehead atoms. The molecular weight excluding hydrogens is 532 g/mol. The first kappa shape index (κ1) is 30.2. The van der Waals surface area contributed by atoms with Crippen LogP contribution in [0.2, 0.25) is 0 Å². The van der Waals surface area contributed by atoms with Gasteiger partial charge in [-0.2, -0.15) is 0 Å². The molecule has 0 aliphatic heterocycles. The monoisotopic (exact) mass is 576 g/mol. The first-order chi connectivity index (χ1) is 20.4. The smallest absolute Gasteiger partial charge is 0.221 e. The zero-order chi connectivity index (χ0) is 31.2. The Morgan fingerprint density at radius 2 is 1.05 bits per heavy atom. The molecule has 0 unspecified atom stereocenters. The van der Waals surface area contributed by atoms with Crippen molar-refractivity contribution in [2.45, 2.75) is 86.0 Å². The summed E-state index contributed by atoms with van der Waals surface area (Å²) in [4.78, 5) is 11.7. The van der Waals surface area contributed by atoms with Crippen molar-refractivity contribution in [3.63, 3.8) is 0 Å². The minimum atomic E-state index is -0.0778. The number of carbonyl (C=O) groups excluding carboxylic acids is 1. The van der Waals surface area contributed by atoms with E-state index in [0.717, 1.165) is 55.4 Å². The van der Waals surface area contributed by atoms with E-state index in [1.54, 1.807) is 0 Å². The molecule has 0 spiro atoms. The summed E-state index contributed by atoms with van der Waals surface area (Å²) in [6, 6.07) is 20.7. The highest BCUT2D eigenvalue weighted by Crippen LogP contribution is 2.43. The highest BCUT2D eigenvalue weighted by molar-refractivity contribution is 6.13. The van der Waals surface area contributed by atoms with E-state index in [0.29, 0.717) is 23.7 Å². The largest absolute Gasteiger partial charge is 0.454 e. The van der Waals surface area contributed by atoms with Crippen molar-refractivity contribution in [1.82, 2.24) is 0 Å². The normalized spacial score (nSPS) is 11.9. The quantitative estimate of drug-likeness (QED) is 0.200. The third-order valence-corrected chi connectivity index (χ3v) is 8.25. The summed E-state index contributed by atoms with van der Waals surface area (Å²) in [5.41, 5.74) is 16.3. The van der Waals surface area contributed by atoms with E-state index in [9.17, 15) is 4.79 Å². The van der Waals surface area contributed by atoms with Gasteiger partial charge in [0.25, 0.3) is 0 Å². The summed E-state index contributed by atoms with van der Waals surface area (Å²) >= 11 is 0. The van der Waals surface area contributed by atoms with Gasteiger partial charge in [0.15, 0.2) is 11.2 Å². The lowest BCUT2D eigenvalue weighted by molar-refractivity contribution is -0.114. The SMILES string of the molecule is CC(=O)Nc1c(C(C)C)cc(C(C)C)c2c1oc1ccccc12.CC(C)c1cc(C(C)C)c2c(oc3ccccc32)c1N.